The molecule has 0 spiro atoms. The van der Waals surface area contributed by atoms with Gasteiger partial charge in [-0.15, -0.1) is 0 Å². The first-order valence-corrected chi connectivity index (χ1v) is 6.07. The zero-order valence-electron chi connectivity index (χ0n) is 11.3. The summed E-state index contributed by atoms with van der Waals surface area (Å²) in [5, 5.41) is 8.01. The predicted octanol–water partition coefficient (Wildman–Crippen LogP) is 2.78. The highest BCUT2D eigenvalue weighted by atomic mass is 16.5. The van der Waals surface area contributed by atoms with Crippen molar-refractivity contribution in [1.29, 1.82) is 0 Å². The van der Waals surface area contributed by atoms with Gasteiger partial charge in [0.05, 0.1) is 7.11 Å². The number of benzene rings is 1. The fourth-order valence-corrected chi connectivity index (χ4v) is 1.34. The molecular formula is C13H19N3O3. The number of methoxy groups -OCH3 is 1. The van der Waals surface area contributed by atoms with Gasteiger partial charge >= 0.3 is 12.1 Å². The Labute approximate surface area is 112 Å². The van der Waals surface area contributed by atoms with Gasteiger partial charge in [0.1, 0.15) is 0 Å². The van der Waals surface area contributed by atoms with Crippen LogP contribution in [-0.2, 0) is 4.74 Å². The summed E-state index contributed by atoms with van der Waals surface area (Å²) in [6, 6.07) is 6.64. The highest BCUT2D eigenvalue weighted by Gasteiger charge is 2.06. The molecule has 0 saturated heterocycles. The quantitative estimate of drug-likeness (QED) is 0.783. The first kappa shape index (κ1) is 14.8. The van der Waals surface area contributed by atoms with Crippen LogP contribution in [0.15, 0.2) is 24.3 Å². The molecule has 1 aromatic rings. The molecule has 0 aromatic heterocycles. The summed E-state index contributed by atoms with van der Waals surface area (Å²) >= 11 is 0. The van der Waals surface area contributed by atoms with Crippen LogP contribution in [0.25, 0.3) is 0 Å². The van der Waals surface area contributed by atoms with Crippen LogP contribution in [0.2, 0.25) is 0 Å². The second-order valence-corrected chi connectivity index (χ2v) is 4.11. The Bertz CT molecular complexity index is 449. The minimum absolute atomic E-state index is 0.108. The third-order valence-corrected chi connectivity index (χ3v) is 2.54. The van der Waals surface area contributed by atoms with Crippen molar-refractivity contribution in [2.75, 3.05) is 17.7 Å². The van der Waals surface area contributed by atoms with Crippen molar-refractivity contribution in [2.45, 2.75) is 26.3 Å². The van der Waals surface area contributed by atoms with E-state index in [2.05, 4.69) is 20.7 Å². The molecule has 0 aliphatic carbocycles. The van der Waals surface area contributed by atoms with Crippen LogP contribution in [0.1, 0.15) is 20.3 Å². The van der Waals surface area contributed by atoms with E-state index in [0.29, 0.717) is 11.4 Å². The van der Waals surface area contributed by atoms with E-state index < -0.39 is 6.09 Å². The zero-order valence-corrected chi connectivity index (χ0v) is 11.3. The summed E-state index contributed by atoms with van der Waals surface area (Å²) < 4.78 is 4.49. The second kappa shape index (κ2) is 7.25. The first-order valence-electron chi connectivity index (χ1n) is 6.07. The summed E-state index contributed by atoms with van der Waals surface area (Å²) in [4.78, 5) is 22.7. The number of carbonyl (C=O) groups is 2. The van der Waals surface area contributed by atoms with Gasteiger partial charge in [-0.3, -0.25) is 5.32 Å². The maximum atomic E-state index is 11.6. The molecule has 0 unspecified atom stereocenters. The summed E-state index contributed by atoms with van der Waals surface area (Å²) in [5.41, 5.74) is 1.14. The van der Waals surface area contributed by atoms with E-state index in [4.69, 9.17) is 0 Å². The van der Waals surface area contributed by atoms with Crippen LogP contribution in [0.4, 0.5) is 21.0 Å². The standard InChI is InChI=1S/C13H19N3O3/c1-4-9(2)14-12(17)15-10-6-5-7-11(8-10)16-13(18)19-3/h5-9H,4H2,1-3H3,(H,16,18)(H2,14,15,17)/t9-/m0/s1. The molecule has 19 heavy (non-hydrogen) atoms. The lowest BCUT2D eigenvalue weighted by Crippen LogP contribution is -2.35. The Morgan fingerprint density at radius 2 is 1.89 bits per heavy atom. The second-order valence-electron chi connectivity index (χ2n) is 4.11. The summed E-state index contributed by atoms with van der Waals surface area (Å²) in [6.07, 6.45) is 0.304. The third kappa shape index (κ3) is 5.29. The lowest BCUT2D eigenvalue weighted by Gasteiger charge is -2.13. The molecule has 1 rings (SSSR count). The van der Waals surface area contributed by atoms with Gasteiger partial charge in [-0.1, -0.05) is 13.0 Å². The third-order valence-electron chi connectivity index (χ3n) is 2.54. The molecule has 3 N–H and O–H groups in total. The highest BCUT2D eigenvalue weighted by Crippen LogP contribution is 2.15. The van der Waals surface area contributed by atoms with Crippen LogP contribution >= 0.6 is 0 Å². The molecule has 0 radical (unpaired) electrons. The van der Waals surface area contributed by atoms with E-state index in [9.17, 15) is 9.59 Å². The molecule has 1 atom stereocenters. The van der Waals surface area contributed by atoms with Crippen molar-refractivity contribution in [3.8, 4) is 0 Å². The number of rotatable bonds is 4. The maximum absolute atomic E-state index is 11.6. The topological polar surface area (TPSA) is 79.5 Å². The van der Waals surface area contributed by atoms with E-state index in [0.717, 1.165) is 6.42 Å². The van der Waals surface area contributed by atoms with Crippen LogP contribution in [-0.4, -0.2) is 25.3 Å². The van der Waals surface area contributed by atoms with Crippen molar-refractivity contribution in [2.24, 2.45) is 0 Å². The van der Waals surface area contributed by atoms with Crippen molar-refractivity contribution >= 4 is 23.5 Å². The number of hydrogen-bond acceptors (Lipinski definition) is 3. The molecule has 0 fully saturated rings. The predicted molar refractivity (Wildman–Crippen MR) is 74.4 cm³/mol. The van der Waals surface area contributed by atoms with Gasteiger partial charge in [0.2, 0.25) is 0 Å². The Balaban J connectivity index is 2.61. The van der Waals surface area contributed by atoms with Crippen molar-refractivity contribution in [1.82, 2.24) is 5.32 Å². The lowest BCUT2D eigenvalue weighted by molar-refractivity contribution is 0.187. The van der Waals surface area contributed by atoms with Gasteiger partial charge in [-0.2, -0.15) is 0 Å². The van der Waals surface area contributed by atoms with Crippen molar-refractivity contribution < 1.29 is 14.3 Å². The Morgan fingerprint density at radius 1 is 1.26 bits per heavy atom. The first-order chi connectivity index (χ1) is 9.05. The largest absolute Gasteiger partial charge is 0.453 e. The van der Waals surface area contributed by atoms with E-state index in [1.165, 1.54) is 7.11 Å². The van der Waals surface area contributed by atoms with Crippen molar-refractivity contribution in [3.05, 3.63) is 24.3 Å². The molecule has 0 aliphatic heterocycles. The van der Waals surface area contributed by atoms with Crippen LogP contribution in [0.3, 0.4) is 0 Å². The SMILES string of the molecule is CC[C@H](C)NC(=O)Nc1cccc(NC(=O)OC)c1. The molecule has 104 valence electrons. The smallest absolute Gasteiger partial charge is 0.411 e. The number of amides is 3. The van der Waals surface area contributed by atoms with Gasteiger partial charge in [0, 0.05) is 17.4 Å². The van der Waals surface area contributed by atoms with Crippen LogP contribution in [0.5, 0.6) is 0 Å². The van der Waals surface area contributed by atoms with E-state index in [1.807, 2.05) is 13.8 Å². The Hall–Kier alpha value is -2.24. The molecule has 6 nitrogen and oxygen atoms in total. The summed E-state index contributed by atoms with van der Waals surface area (Å²) in [5.74, 6) is 0. The van der Waals surface area contributed by atoms with Crippen LogP contribution < -0.4 is 16.0 Å². The van der Waals surface area contributed by atoms with E-state index in [-0.39, 0.29) is 12.1 Å². The number of nitrogens with one attached hydrogen (secondary N) is 3. The van der Waals surface area contributed by atoms with E-state index >= 15 is 0 Å². The van der Waals surface area contributed by atoms with Crippen LogP contribution in [0, 0.1) is 0 Å². The number of anilines is 2. The number of ether oxygens (including phenoxy) is 1. The number of hydrogen-bond donors (Lipinski definition) is 3. The Kier molecular flexibility index (Phi) is 5.66. The molecular weight excluding hydrogens is 246 g/mol. The zero-order chi connectivity index (χ0) is 14.3. The number of carbonyl (C=O) groups excluding carboxylic acids is 2. The maximum Gasteiger partial charge on any atom is 0.411 e. The van der Waals surface area contributed by atoms with Crippen molar-refractivity contribution in [3.63, 3.8) is 0 Å². The summed E-state index contributed by atoms with van der Waals surface area (Å²) in [7, 11) is 1.29. The van der Waals surface area contributed by atoms with Gasteiger partial charge in [-0.25, -0.2) is 9.59 Å². The van der Waals surface area contributed by atoms with Gasteiger partial charge in [0.25, 0.3) is 0 Å². The Morgan fingerprint density at radius 3 is 2.47 bits per heavy atom. The normalized spacial score (nSPS) is 11.3. The minimum Gasteiger partial charge on any atom is -0.453 e. The molecule has 6 heteroatoms. The molecule has 1 aromatic carbocycles. The number of urea groups is 1. The average molecular weight is 265 g/mol. The monoisotopic (exact) mass is 265 g/mol. The minimum atomic E-state index is -0.554. The molecule has 0 bridgehead atoms. The average Bonchev–Trinajstić information content (AvgIpc) is 2.38. The summed E-state index contributed by atoms with van der Waals surface area (Å²) in [6.45, 7) is 3.92. The van der Waals surface area contributed by atoms with Gasteiger partial charge < -0.3 is 15.4 Å². The molecule has 0 aliphatic rings. The molecule has 0 heterocycles. The fraction of sp³-hybridized carbons (Fsp3) is 0.385. The van der Waals surface area contributed by atoms with E-state index in [1.54, 1.807) is 24.3 Å². The highest BCUT2D eigenvalue weighted by molar-refractivity contribution is 5.91. The van der Waals surface area contributed by atoms with Gasteiger partial charge in [-0.05, 0) is 31.5 Å². The fourth-order valence-electron chi connectivity index (χ4n) is 1.34. The molecule has 0 saturated carbocycles. The van der Waals surface area contributed by atoms with Gasteiger partial charge in [0.15, 0.2) is 0 Å². The molecule has 3 amide bonds. The lowest BCUT2D eigenvalue weighted by atomic mass is 10.2.